The van der Waals surface area contributed by atoms with E-state index in [0.717, 1.165) is 13.0 Å². The molecule has 0 aromatic heterocycles. The van der Waals surface area contributed by atoms with E-state index in [4.69, 9.17) is 14.2 Å². The van der Waals surface area contributed by atoms with E-state index < -0.39 is 0 Å². The van der Waals surface area contributed by atoms with Crippen molar-refractivity contribution in [1.82, 2.24) is 0 Å². The van der Waals surface area contributed by atoms with Crippen molar-refractivity contribution in [3.8, 4) is 0 Å². The van der Waals surface area contributed by atoms with Gasteiger partial charge in [0.05, 0.1) is 26.2 Å². The normalized spacial score (nSPS) is 35.6. The predicted octanol–water partition coefficient (Wildman–Crippen LogP) is 0.949. The summed E-state index contributed by atoms with van der Waals surface area (Å²) in [6.45, 7) is 3.67. The Morgan fingerprint density at radius 3 is 3.14 bits per heavy atom. The van der Waals surface area contributed by atoms with Crippen molar-refractivity contribution >= 4 is 5.97 Å². The lowest BCUT2D eigenvalue weighted by molar-refractivity contribution is -0.144. The van der Waals surface area contributed by atoms with Gasteiger partial charge in [-0.25, -0.2) is 0 Å². The molecule has 2 saturated heterocycles. The van der Waals surface area contributed by atoms with Crippen LogP contribution in [0.5, 0.6) is 0 Å². The molecular formula is C10H16O4. The predicted molar refractivity (Wildman–Crippen MR) is 48.5 cm³/mol. The zero-order valence-corrected chi connectivity index (χ0v) is 8.40. The fourth-order valence-electron chi connectivity index (χ4n) is 2.20. The summed E-state index contributed by atoms with van der Waals surface area (Å²) < 4.78 is 15.7. The maximum absolute atomic E-state index is 11.3. The monoisotopic (exact) mass is 200 g/mol. The summed E-state index contributed by atoms with van der Waals surface area (Å²) in [6, 6.07) is 0. The van der Waals surface area contributed by atoms with Gasteiger partial charge >= 0.3 is 5.97 Å². The maximum atomic E-state index is 11.3. The summed E-state index contributed by atoms with van der Waals surface area (Å²) in [7, 11) is 0. The fourth-order valence-corrected chi connectivity index (χ4v) is 2.20. The number of hydrogen-bond donors (Lipinski definition) is 0. The zero-order chi connectivity index (χ0) is 9.97. The van der Waals surface area contributed by atoms with Crippen molar-refractivity contribution < 1.29 is 19.0 Å². The van der Waals surface area contributed by atoms with E-state index in [2.05, 4.69) is 0 Å². The molecule has 4 nitrogen and oxygen atoms in total. The number of ether oxygens (including phenoxy) is 3. The third kappa shape index (κ3) is 1.91. The molecule has 2 aliphatic heterocycles. The number of hydrogen-bond acceptors (Lipinski definition) is 4. The third-order valence-corrected chi connectivity index (χ3v) is 2.90. The van der Waals surface area contributed by atoms with Crippen LogP contribution in [0, 0.1) is 11.8 Å². The summed E-state index contributed by atoms with van der Waals surface area (Å²) in [5.41, 5.74) is 0. The minimum atomic E-state index is -0.117. The molecule has 0 aromatic rings. The van der Waals surface area contributed by atoms with Gasteiger partial charge in [-0.15, -0.1) is 0 Å². The van der Waals surface area contributed by atoms with Crippen LogP contribution in [0.25, 0.3) is 0 Å². The van der Waals surface area contributed by atoms with Crippen LogP contribution in [0.15, 0.2) is 0 Å². The van der Waals surface area contributed by atoms with Gasteiger partial charge < -0.3 is 14.2 Å². The molecule has 0 aliphatic carbocycles. The first-order chi connectivity index (χ1) is 6.81. The van der Waals surface area contributed by atoms with Crippen LogP contribution in [-0.2, 0) is 19.0 Å². The minimum absolute atomic E-state index is 0.0607. The van der Waals surface area contributed by atoms with Gasteiger partial charge in [0, 0.05) is 11.8 Å². The van der Waals surface area contributed by atoms with Gasteiger partial charge in [0.2, 0.25) is 0 Å². The molecule has 0 aromatic carbocycles. The molecule has 0 N–H and O–H groups in total. The average molecular weight is 200 g/mol. The molecule has 4 heteroatoms. The molecule has 80 valence electrons. The lowest BCUT2D eigenvalue weighted by atomic mass is 9.91. The van der Waals surface area contributed by atoms with Crippen LogP contribution in [0.1, 0.15) is 19.8 Å². The van der Waals surface area contributed by atoms with Crippen molar-refractivity contribution in [3.05, 3.63) is 0 Å². The molecule has 2 heterocycles. The SMILES string of the molecule is CCOC(=O)C[C@@H]1CO[C@@H]2OCC[C@H]12. The Morgan fingerprint density at radius 2 is 2.36 bits per heavy atom. The van der Waals surface area contributed by atoms with Crippen LogP contribution >= 0.6 is 0 Å². The Morgan fingerprint density at radius 1 is 1.50 bits per heavy atom. The smallest absolute Gasteiger partial charge is 0.306 e. The van der Waals surface area contributed by atoms with E-state index in [0.29, 0.717) is 31.5 Å². The largest absolute Gasteiger partial charge is 0.466 e. The molecule has 3 atom stereocenters. The first kappa shape index (κ1) is 9.93. The number of carbonyl (C=O) groups is 1. The van der Waals surface area contributed by atoms with Crippen LogP contribution in [0.4, 0.5) is 0 Å². The second kappa shape index (κ2) is 4.28. The highest BCUT2D eigenvalue weighted by molar-refractivity contribution is 5.69. The first-order valence-corrected chi connectivity index (χ1v) is 5.20. The molecule has 2 rings (SSSR count). The first-order valence-electron chi connectivity index (χ1n) is 5.20. The Kier molecular flexibility index (Phi) is 3.03. The number of rotatable bonds is 3. The highest BCUT2D eigenvalue weighted by Gasteiger charge is 2.42. The highest BCUT2D eigenvalue weighted by Crippen LogP contribution is 2.37. The molecule has 0 amide bonds. The van der Waals surface area contributed by atoms with Crippen molar-refractivity contribution in [2.75, 3.05) is 19.8 Å². The van der Waals surface area contributed by atoms with Crippen LogP contribution in [0.3, 0.4) is 0 Å². The Balaban J connectivity index is 1.83. The highest BCUT2D eigenvalue weighted by atomic mass is 16.7. The lowest BCUT2D eigenvalue weighted by Crippen LogP contribution is -2.19. The van der Waals surface area contributed by atoms with Crippen molar-refractivity contribution in [2.24, 2.45) is 11.8 Å². The molecule has 14 heavy (non-hydrogen) atoms. The third-order valence-electron chi connectivity index (χ3n) is 2.90. The molecule has 0 radical (unpaired) electrons. The second-order valence-corrected chi connectivity index (χ2v) is 3.79. The van der Waals surface area contributed by atoms with Gasteiger partial charge in [0.1, 0.15) is 0 Å². The molecule has 2 aliphatic rings. The second-order valence-electron chi connectivity index (χ2n) is 3.79. The molecule has 2 fully saturated rings. The molecule has 0 unspecified atom stereocenters. The van der Waals surface area contributed by atoms with Gasteiger partial charge in [-0.3, -0.25) is 4.79 Å². The van der Waals surface area contributed by atoms with Crippen LogP contribution in [-0.4, -0.2) is 32.1 Å². The minimum Gasteiger partial charge on any atom is -0.466 e. The molecule has 0 saturated carbocycles. The van der Waals surface area contributed by atoms with E-state index in [-0.39, 0.29) is 12.3 Å². The van der Waals surface area contributed by atoms with Crippen molar-refractivity contribution in [2.45, 2.75) is 26.1 Å². The maximum Gasteiger partial charge on any atom is 0.306 e. The number of carbonyl (C=O) groups excluding carboxylic acids is 1. The van der Waals surface area contributed by atoms with E-state index in [1.54, 1.807) is 0 Å². The Hall–Kier alpha value is -0.610. The van der Waals surface area contributed by atoms with Gasteiger partial charge in [-0.2, -0.15) is 0 Å². The van der Waals surface area contributed by atoms with E-state index in [9.17, 15) is 4.79 Å². The standard InChI is InChI=1S/C10H16O4/c1-2-12-9(11)5-7-6-14-10-8(7)3-4-13-10/h7-8,10H,2-6H2,1H3/t7-,8-,10+/m1/s1. The van der Waals surface area contributed by atoms with E-state index in [1.165, 1.54) is 0 Å². The van der Waals surface area contributed by atoms with Crippen molar-refractivity contribution in [1.29, 1.82) is 0 Å². The fraction of sp³-hybridized carbons (Fsp3) is 0.900. The molecule has 0 bridgehead atoms. The van der Waals surface area contributed by atoms with Gasteiger partial charge in [0.25, 0.3) is 0 Å². The van der Waals surface area contributed by atoms with E-state index in [1.807, 2.05) is 6.92 Å². The quantitative estimate of drug-likeness (QED) is 0.636. The lowest BCUT2D eigenvalue weighted by Gasteiger charge is -2.13. The summed E-state index contributed by atoms with van der Waals surface area (Å²) in [6.07, 6.45) is 1.42. The topological polar surface area (TPSA) is 44.8 Å². The Labute approximate surface area is 83.5 Å². The number of fused-ring (bicyclic) bond motifs is 1. The van der Waals surface area contributed by atoms with Crippen molar-refractivity contribution in [3.63, 3.8) is 0 Å². The summed E-state index contributed by atoms with van der Waals surface area (Å²) >= 11 is 0. The average Bonchev–Trinajstić information content (AvgIpc) is 2.70. The molecular weight excluding hydrogens is 184 g/mol. The summed E-state index contributed by atoms with van der Waals surface area (Å²) in [5.74, 6) is 0.578. The van der Waals surface area contributed by atoms with Gasteiger partial charge in [-0.05, 0) is 13.3 Å². The number of esters is 1. The summed E-state index contributed by atoms with van der Waals surface area (Å²) in [5, 5.41) is 0. The van der Waals surface area contributed by atoms with Crippen LogP contribution in [0.2, 0.25) is 0 Å². The van der Waals surface area contributed by atoms with Gasteiger partial charge in [-0.1, -0.05) is 0 Å². The Bertz CT molecular complexity index is 216. The van der Waals surface area contributed by atoms with E-state index >= 15 is 0 Å². The van der Waals surface area contributed by atoms with Gasteiger partial charge in [0.15, 0.2) is 6.29 Å². The molecule has 0 spiro atoms. The van der Waals surface area contributed by atoms with Crippen LogP contribution < -0.4 is 0 Å². The summed E-state index contributed by atoms with van der Waals surface area (Å²) in [4.78, 5) is 11.3. The zero-order valence-electron chi connectivity index (χ0n) is 8.40.